The summed E-state index contributed by atoms with van der Waals surface area (Å²) in [6.07, 6.45) is -4.83. The smallest absolute Gasteiger partial charge is 0.416 e. The van der Waals surface area contributed by atoms with E-state index >= 15 is 0 Å². The Morgan fingerprint density at radius 3 is 2.37 bits per heavy atom. The van der Waals surface area contributed by atoms with Crippen LogP contribution in [0.5, 0.6) is 5.75 Å². The highest BCUT2D eigenvalue weighted by Crippen LogP contribution is 2.35. The van der Waals surface area contributed by atoms with Gasteiger partial charge in [0.05, 0.1) is 12.0 Å². The zero-order valence-corrected chi connectivity index (χ0v) is 15.9. The summed E-state index contributed by atoms with van der Waals surface area (Å²) in [5, 5.41) is 9.02. The summed E-state index contributed by atoms with van der Waals surface area (Å²) < 4.78 is 46.2. The van der Waals surface area contributed by atoms with E-state index in [1.54, 1.807) is 36.4 Å². The first-order valence-electron chi connectivity index (χ1n) is 9.20. The molecule has 0 spiro atoms. The number of rotatable bonds is 7. The van der Waals surface area contributed by atoms with Gasteiger partial charge < -0.3 is 15.6 Å². The molecule has 3 N–H and O–H groups in total. The minimum atomic E-state index is -4.54. The molecule has 0 bridgehead atoms. The average molecular weight is 415 g/mol. The molecule has 0 heterocycles. The third-order valence-corrected chi connectivity index (χ3v) is 4.60. The van der Waals surface area contributed by atoms with Gasteiger partial charge in [0.2, 0.25) is 0 Å². The lowest BCUT2D eigenvalue weighted by Crippen LogP contribution is -2.12. The Morgan fingerprint density at radius 1 is 0.933 bits per heavy atom. The van der Waals surface area contributed by atoms with Gasteiger partial charge in [0, 0.05) is 17.7 Å². The zero-order chi connectivity index (χ0) is 21.7. The normalized spacial score (nSPS) is 11.3. The molecule has 30 heavy (non-hydrogen) atoms. The molecule has 0 aliphatic carbocycles. The highest BCUT2D eigenvalue weighted by molar-refractivity contribution is 5.71. The lowest BCUT2D eigenvalue weighted by molar-refractivity contribution is -0.138. The van der Waals surface area contributed by atoms with Gasteiger partial charge in [-0.05, 0) is 41.0 Å². The number of alkyl halides is 3. The van der Waals surface area contributed by atoms with Gasteiger partial charge in [-0.2, -0.15) is 13.2 Å². The summed E-state index contributed by atoms with van der Waals surface area (Å²) in [5.41, 5.74) is 7.44. The molecule has 0 fully saturated rings. The lowest BCUT2D eigenvalue weighted by Gasteiger charge is -2.17. The van der Waals surface area contributed by atoms with Gasteiger partial charge in [0.15, 0.2) is 0 Å². The maximum absolute atomic E-state index is 13.5. The Labute approximate surface area is 171 Å². The van der Waals surface area contributed by atoms with Gasteiger partial charge in [0.1, 0.15) is 12.4 Å². The highest BCUT2D eigenvalue weighted by atomic mass is 19.4. The van der Waals surface area contributed by atoms with Crippen molar-refractivity contribution < 1.29 is 27.8 Å². The molecule has 0 unspecified atom stereocenters. The molecule has 0 saturated carbocycles. The van der Waals surface area contributed by atoms with Crippen LogP contribution in [0.15, 0.2) is 66.7 Å². The van der Waals surface area contributed by atoms with Crippen LogP contribution in [0.2, 0.25) is 0 Å². The van der Waals surface area contributed by atoms with E-state index in [1.807, 2.05) is 12.1 Å². The molecule has 7 heteroatoms. The third-order valence-electron chi connectivity index (χ3n) is 4.60. The van der Waals surface area contributed by atoms with Gasteiger partial charge in [0.25, 0.3) is 0 Å². The van der Waals surface area contributed by atoms with Crippen LogP contribution >= 0.6 is 0 Å². The number of aliphatic carboxylic acids is 1. The first-order valence-corrected chi connectivity index (χ1v) is 9.20. The molecule has 0 aliphatic heterocycles. The topological polar surface area (TPSA) is 72.5 Å². The zero-order valence-electron chi connectivity index (χ0n) is 15.9. The van der Waals surface area contributed by atoms with Gasteiger partial charge in [-0.3, -0.25) is 4.79 Å². The number of hydrogen-bond acceptors (Lipinski definition) is 3. The Hall–Kier alpha value is -3.32. The fraction of sp³-hybridized carbons (Fsp3) is 0.174. The summed E-state index contributed by atoms with van der Waals surface area (Å²) in [5.74, 6) is -0.813. The summed E-state index contributed by atoms with van der Waals surface area (Å²) in [4.78, 5) is 11.0. The molecular formula is C23H20F3NO3. The van der Waals surface area contributed by atoms with E-state index in [1.165, 1.54) is 12.1 Å². The van der Waals surface area contributed by atoms with Gasteiger partial charge in [-0.1, -0.05) is 42.5 Å². The SMILES string of the molecule is NCc1cccc(-c2ccc(C(F)(F)F)c(COc3ccccc3CC(=O)O)c2)c1. The molecule has 0 amide bonds. The van der Waals surface area contributed by atoms with E-state index in [4.69, 9.17) is 15.6 Å². The quantitative estimate of drug-likeness (QED) is 0.567. The predicted molar refractivity (Wildman–Crippen MR) is 107 cm³/mol. The number of benzene rings is 3. The number of para-hydroxylation sites is 1. The van der Waals surface area contributed by atoms with Crippen LogP contribution in [0, 0.1) is 0 Å². The van der Waals surface area contributed by atoms with Crippen LogP contribution < -0.4 is 10.5 Å². The van der Waals surface area contributed by atoms with Crippen LogP contribution in [0.3, 0.4) is 0 Å². The average Bonchev–Trinajstić information content (AvgIpc) is 2.72. The van der Waals surface area contributed by atoms with E-state index < -0.39 is 17.7 Å². The maximum Gasteiger partial charge on any atom is 0.416 e. The van der Waals surface area contributed by atoms with Crippen LogP contribution in [0.4, 0.5) is 13.2 Å². The van der Waals surface area contributed by atoms with Crippen molar-refractivity contribution in [1.29, 1.82) is 0 Å². The maximum atomic E-state index is 13.5. The van der Waals surface area contributed by atoms with E-state index in [0.29, 0.717) is 17.7 Å². The Bertz CT molecular complexity index is 1050. The van der Waals surface area contributed by atoms with Gasteiger partial charge in [-0.15, -0.1) is 0 Å². The van der Waals surface area contributed by atoms with Gasteiger partial charge >= 0.3 is 12.1 Å². The van der Waals surface area contributed by atoms with Crippen LogP contribution in [0.1, 0.15) is 22.3 Å². The molecule has 0 radical (unpaired) electrons. The molecule has 0 saturated heterocycles. The first-order chi connectivity index (χ1) is 14.3. The van der Waals surface area contributed by atoms with Crippen LogP contribution in [-0.2, 0) is 30.5 Å². The summed E-state index contributed by atoms with van der Waals surface area (Å²) >= 11 is 0. The van der Waals surface area contributed by atoms with Gasteiger partial charge in [-0.25, -0.2) is 0 Å². The van der Waals surface area contributed by atoms with E-state index in [0.717, 1.165) is 17.2 Å². The summed E-state index contributed by atoms with van der Waals surface area (Å²) in [6, 6.07) is 17.6. The van der Waals surface area contributed by atoms with Crippen molar-refractivity contribution in [3.8, 4) is 16.9 Å². The molecule has 3 aromatic rings. The molecule has 156 valence electrons. The third kappa shape index (κ3) is 5.18. The molecule has 0 aliphatic rings. The second-order valence-corrected chi connectivity index (χ2v) is 6.74. The second-order valence-electron chi connectivity index (χ2n) is 6.74. The molecule has 0 aromatic heterocycles. The summed E-state index contributed by atoms with van der Waals surface area (Å²) in [7, 11) is 0. The Kier molecular flexibility index (Phi) is 6.42. The van der Waals surface area contributed by atoms with Crippen LogP contribution in [0.25, 0.3) is 11.1 Å². The number of carboxylic acids is 1. The van der Waals surface area contributed by atoms with Crippen molar-refractivity contribution in [2.24, 2.45) is 5.73 Å². The van der Waals surface area contributed by atoms with E-state index in [9.17, 15) is 18.0 Å². The number of nitrogens with two attached hydrogens (primary N) is 1. The predicted octanol–water partition coefficient (Wildman–Crippen LogP) is 5.04. The second kappa shape index (κ2) is 9.00. The fourth-order valence-corrected chi connectivity index (χ4v) is 3.16. The fourth-order valence-electron chi connectivity index (χ4n) is 3.16. The highest BCUT2D eigenvalue weighted by Gasteiger charge is 2.33. The summed E-state index contributed by atoms with van der Waals surface area (Å²) in [6.45, 7) is -0.0271. The molecule has 0 atom stereocenters. The van der Waals surface area contributed by atoms with Crippen LogP contribution in [-0.4, -0.2) is 11.1 Å². The largest absolute Gasteiger partial charge is 0.489 e. The monoisotopic (exact) mass is 415 g/mol. The number of halogens is 3. The lowest BCUT2D eigenvalue weighted by atomic mass is 9.98. The van der Waals surface area contributed by atoms with Crippen molar-refractivity contribution in [1.82, 2.24) is 0 Å². The van der Waals surface area contributed by atoms with Crippen molar-refractivity contribution >= 4 is 5.97 Å². The first kappa shape index (κ1) is 21.4. The number of hydrogen-bond donors (Lipinski definition) is 2. The van der Waals surface area contributed by atoms with E-state index in [-0.39, 0.29) is 24.3 Å². The van der Waals surface area contributed by atoms with Crippen molar-refractivity contribution in [3.63, 3.8) is 0 Å². The molecule has 3 aromatic carbocycles. The number of ether oxygens (including phenoxy) is 1. The molecular weight excluding hydrogens is 395 g/mol. The minimum Gasteiger partial charge on any atom is -0.489 e. The Morgan fingerprint density at radius 2 is 1.67 bits per heavy atom. The number of carboxylic acid groups (broad SMARTS) is 1. The standard InChI is InChI=1S/C23H20F3NO3/c24-23(25,26)20-9-8-17(16-6-3-4-15(10-16)13-27)11-19(20)14-30-21-7-2-1-5-18(21)12-22(28)29/h1-11H,12-14,27H2,(H,28,29). The van der Waals surface area contributed by atoms with Crippen molar-refractivity contribution in [2.75, 3.05) is 0 Å². The Balaban J connectivity index is 1.95. The van der Waals surface area contributed by atoms with Crippen molar-refractivity contribution in [3.05, 3.63) is 89.0 Å². The van der Waals surface area contributed by atoms with Crippen molar-refractivity contribution in [2.45, 2.75) is 25.7 Å². The molecule has 3 rings (SSSR count). The number of carbonyl (C=O) groups is 1. The van der Waals surface area contributed by atoms with E-state index in [2.05, 4.69) is 0 Å². The minimum absolute atomic E-state index is 0.0386. The molecule has 4 nitrogen and oxygen atoms in total.